The van der Waals surface area contributed by atoms with Gasteiger partial charge >= 0.3 is 0 Å². The molecule has 0 saturated carbocycles. The third-order valence-corrected chi connectivity index (χ3v) is 6.34. The fourth-order valence-corrected chi connectivity index (χ4v) is 4.52. The number of nitrogens with zero attached hydrogens (tertiary/aromatic N) is 4. The van der Waals surface area contributed by atoms with Crippen molar-refractivity contribution in [3.63, 3.8) is 0 Å². The Balaban J connectivity index is 0.00000261. The van der Waals surface area contributed by atoms with E-state index in [1.54, 1.807) is 0 Å². The number of piperidine rings is 1. The van der Waals surface area contributed by atoms with Crippen LogP contribution in [-0.2, 0) is 0 Å². The molecule has 0 unspecified atom stereocenters. The predicted octanol–water partition coefficient (Wildman–Crippen LogP) is 2.14. The van der Waals surface area contributed by atoms with Crippen molar-refractivity contribution in [1.29, 1.82) is 0 Å². The first kappa shape index (κ1) is 22.7. The molecule has 2 aliphatic heterocycles. The number of aliphatic imine (C=N–C) groups is 1. The summed E-state index contributed by atoms with van der Waals surface area (Å²) in [5.41, 5.74) is 0. The van der Waals surface area contributed by atoms with E-state index in [-0.39, 0.29) is 24.0 Å². The number of rotatable bonds is 5. The molecule has 2 saturated heterocycles. The molecule has 2 fully saturated rings. The molecule has 154 valence electrons. The molecule has 27 heavy (non-hydrogen) atoms. The number of hydrogen-bond acceptors (Lipinski definition) is 5. The molecule has 0 radical (unpaired) electrons. The molecule has 0 amide bonds. The Morgan fingerprint density at radius 1 is 1.19 bits per heavy atom. The van der Waals surface area contributed by atoms with Gasteiger partial charge in [0, 0.05) is 52.4 Å². The second kappa shape index (κ2) is 12.1. The van der Waals surface area contributed by atoms with Crippen LogP contribution in [0.3, 0.4) is 0 Å². The maximum Gasteiger partial charge on any atom is 0.191 e. The molecular weight excluding hydrogens is 471 g/mol. The lowest BCUT2D eigenvalue weighted by atomic mass is 10.1. The van der Waals surface area contributed by atoms with E-state index in [2.05, 4.69) is 54.9 Å². The Morgan fingerprint density at radius 2 is 2.00 bits per heavy atom. The highest BCUT2D eigenvalue weighted by atomic mass is 127. The molecule has 1 aromatic rings. The molecule has 0 aromatic carbocycles. The number of halogens is 1. The van der Waals surface area contributed by atoms with E-state index in [1.165, 1.54) is 37.6 Å². The van der Waals surface area contributed by atoms with Gasteiger partial charge in [-0.25, -0.2) is 0 Å². The van der Waals surface area contributed by atoms with Gasteiger partial charge in [0.15, 0.2) is 5.96 Å². The number of hydrogen-bond donors (Lipinski definition) is 2. The lowest BCUT2D eigenvalue weighted by molar-refractivity contribution is 0.279. The maximum absolute atomic E-state index is 4.42. The fraction of sp³-hybridized carbons (Fsp3) is 0.737. The molecule has 6 nitrogen and oxygen atoms in total. The second-order valence-electron chi connectivity index (χ2n) is 7.35. The summed E-state index contributed by atoms with van der Waals surface area (Å²) < 4.78 is 0. The first-order valence-corrected chi connectivity index (χ1v) is 10.8. The van der Waals surface area contributed by atoms with Crippen LogP contribution in [0.2, 0.25) is 0 Å². The Bertz CT molecular complexity index is 544. The SMILES string of the molecule is CN=C(NCCN1CCCN(C)CC1)NC1CCN(c2cccs2)CC1.I. The maximum atomic E-state index is 4.42. The number of likely N-dealkylation sites (N-methyl/N-ethyl adjacent to an activating group) is 1. The number of anilines is 1. The van der Waals surface area contributed by atoms with Crippen LogP contribution < -0.4 is 15.5 Å². The highest BCUT2D eigenvalue weighted by Crippen LogP contribution is 2.24. The molecule has 8 heteroatoms. The number of thiophene rings is 1. The minimum Gasteiger partial charge on any atom is -0.363 e. The summed E-state index contributed by atoms with van der Waals surface area (Å²) in [5.74, 6) is 0.950. The third-order valence-electron chi connectivity index (χ3n) is 5.41. The van der Waals surface area contributed by atoms with Crippen LogP contribution in [-0.4, -0.2) is 88.3 Å². The summed E-state index contributed by atoms with van der Waals surface area (Å²) in [7, 11) is 4.09. The van der Waals surface area contributed by atoms with Gasteiger partial charge in [-0.3, -0.25) is 4.99 Å². The quantitative estimate of drug-likeness (QED) is 0.364. The summed E-state index contributed by atoms with van der Waals surface area (Å²) >= 11 is 1.84. The van der Waals surface area contributed by atoms with Crippen molar-refractivity contribution in [2.75, 3.05) is 71.4 Å². The second-order valence-corrected chi connectivity index (χ2v) is 8.28. The van der Waals surface area contributed by atoms with Crippen LogP contribution in [0, 0.1) is 0 Å². The Kier molecular flexibility index (Phi) is 10.2. The highest BCUT2D eigenvalue weighted by Gasteiger charge is 2.20. The van der Waals surface area contributed by atoms with Crippen LogP contribution >= 0.6 is 35.3 Å². The molecule has 0 spiro atoms. The van der Waals surface area contributed by atoms with Crippen molar-refractivity contribution in [3.05, 3.63) is 17.5 Å². The standard InChI is InChI=1S/C19H34N6S.HI/c1-20-19(21-8-13-24-10-4-9-23(2)14-15-24)22-17-6-11-25(12-7-17)18-5-3-16-26-18;/h3,5,16-17H,4,6-15H2,1-2H3,(H2,20,21,22);1H. The van der Waals surface area contributed by atoms with Gasteiger partial charge in [0.05, 0.1) is 5.00 Å². The van der Waals surface area contributed by atoms with Crippen LogP contribution in [0.25, 0.3) is 0 Å². The highest BCUT2D eigenvalue weighted by molar-refractivity contribution is 14.0. The number of guanidine groups is 1. The molecular formula is C19H35IN6S. The molecule has 0 atom stereocenters. The summed E-state index contributed by atoms with van der Waals surface area (Å²) in [5, 5.41) is 10.7. The summed E-state index contributed by atoms with van der Waals surface area (Å²) in [6, 6.07) is 4.88. The zero-order chi connectivity index (χ0) is 18.2. The average Bonchev–Trinajstić information content (AvgIpc) is 3.12. The Hall–Kier alpha value is -0.580. The summed E-state index contributed by atoms with van der Waals surface area (Å²) in [4.78, 5) is 11.9. The topological polar surface area (TPSA) is 46.1 Å². The predicted molar refractivity (Wildman–Crippen MR) is 128 cm³/mol. The third kappa shape index (κ3) is 7.40. The van der Waals surface area contributed by atoms with Crippen molar-refractivity contribution >= 4 is 46.3 Å². The van der Waals surface area contributed by atoms with Crippen molar-refractivity contribution in [2.24, 2.45) is 4.99 Å². The van der Waals surface area contributed by atoms with E-state index in [1.807, 2.05) is 18.4 Å². The van der Waals surface area contributed by atoms with E-state index < -0.39 is 0 Å². The molecule has 3 rings (SSSR count). The van der Waals surface area contributed by atoms with Gasteiger partial charge in [0.2, 0.25) is 0 Å². The van der Waals surface area contributed by atoms with Gasteiger partial charge in [-0.1, -0.05) is 0 Å². The van der Waals surface area contributed by atoms with Crippen molar-refractivity contribution in [2.45, 2.75) is 25.3 Å². The van der Waals surface area contributed by atoms with E-state index >= 15 is 0 Å². The van der Waals surface area contributed by atoms with Crippen LogP contribution in [0.4, 0.5) is 5.00 Å². The molecule has 0 aliphatic carbocycles. The van der Waals surface area contributed by atoms with Gasteiger partial charge in [-0.05, 0) is 56.9 Å². The molecule has 2 aliphatic rings. The van der Waals surface area contributed by atoms with Crippen molar-refractivity contribution in [3.8, 4) is 0 Å². The van der Waals surface area contributed by atoms with Gasteiger partial charge < -0.3 is 25.3 Å². The van der Waals surface area contributed by atoms with Gasteiger partial charge in [0.1, 0.15) is 0 Å². The van der Waals surface area contributed by atoms with Gasteiger partial charge in [0.25, 0.3) is 0 Å². The van der Waals surface area contributed by atoms with Gasteiger partial charge in [-0.2, -0.15) is 0 Å². The lowest BCUT2D eigenvalue weighted by Crippen LogP contribution is -2.49. The molecule has 2 N–H and O–H groups in total. The minimum absolute atomic E-state index is 0. The average molecular weight is 507 g/mol. The molecule has 0 bridgehead atoms. The lowest BCUT2D eigenvalue weighted by Gasteiger charge is -2.33. The van der Waals surface area contributed by atoms with Crippen LogP contribution in [0.1, 0.15) is 19.3 Å². The largest absolute Gasteiger partial charge is 0.363 e. The normalized spacial score (nSPS) is 20.8. The molecule has 1 aromatic heterocycles. The van der Waals surface area contributed by atoms with Crippen molar-refractivity contribution in [1.82, 2.24) is 20.4 Å². The smallest absolute Gasteiger partial charge is 0.191 e. The monoisotopic (exact) mass is 506 g/mol. The fourth-order valence-electron chi connectivity index (χ4n) is 3.74. The molecule has 3 heterocycles. The van der Waals surface area contributed by atoms with Gasteiger partial charge in [-0.15, -0.1) is 35.3 Å². The first-order valence-electron chi connectivity index (χ1n) is 9.91. The zero-order valence-corrected chi connectivity index (χ0v) is 19.8. The minimum atomic E-state index is 0. The summed E-state index contributed by atoms with van der Waals surface area (Å²) in [6.07, 6.45) is 3.60. The van der Waals surface area contributed by atoms with Crippen LogP contribution in [0.15, 0.2) is 22.5 Å². The van der Waals surface area contributed by atoms with E-state index in [0.717, 1.165) is 45.0 Å². The van der Waals surface area contributed by atoms with E-state index in [9.17, 15) is 0 Å². The zero-order valence-electron chi connectivity index (χ0n) is 16.7. The van der Waals surface area contributed by atoms with Crippen LogP contribution in [0.5, 0.6) is 0 Å². The van der Waals surface area contributed by atoms with E-state index in [0.29, 0.717) is 6.04 Å². The summed E-state index contributed by atoms with van der Waals surface area (Å²) in [6.45, 7) is 9.06. The Morgan fingerprint density at radius 3 is 2.70 bits per heavy atom. The first-order chi connectivity index (χ1) is 12.7. The Labute approximate surface area is 185 Å². The number of nitrogens with one attached hydrogen (secondary N) is 2. The van der Waals surface area contributed by atoms with E-state index in [4.69, 9.17) is 0 Å². The van der Waals surface area contributed by atoms with Crippen molar-refractivity contribution < 1.29 is 0 Å².